The van der Waals surface area contributed by atoms with Gasteiger partial charge in [-0.05, 0) is 12.8 Å². The summed E-state index contributed by atoms with van der Waals surface area (Å²) in [5.74, 6) is -1.53. The number of aliphatic hydroxyl groups excluding tert-OH is 1. The Morgan fingerprint density at radius 3 is 0.867 bits per heavy atom. The molecule has 0 bridgehead atoms. The molecule has 0 aromatic heterocycles. The van der Waals surface area contributed by atoms with E-state index in [1.54, 1.807) is 4.90 Å². The summed E-state index contributed by atoms with van der Waals surface area (Å²) in [5, 5.41) is 19.2. The van der Waals surface area contributed by atoms with E-state index in [0.717, 1.165) is 25.7 Å². The van der Waals surface area contributed by atoms with Gasteiger partial charge >= 0.3 is 5.97 Å². The van der Waals surface area contributed by atoms with Crippen molar-refractivity contribution in [2.24, 2.45) is 0 Å². The summed E-state index contributed by atoms with van der Waals surface area (Å²) in [4.78, 5) is 25.6. The smallest absolute Gasteiger partial charge is 0.306 e. The lowest BCUT2D eigenvalue weighted by atomic mass is 10.0. The van der Waals surface area contributed by atoms with Gasteiger partial charge in [-0.3, -0.25) is 9.59 Å². The molecule has 0 aromatic rings. The molecule has 45 heavy (non-hydrogen) atoms. The minimum absolute atomic E-state index is 0.403. The van der Waals surface area contributed by atoms with Gasteiger partial charge in [0.2, 0.25) is 0 Å². The monoisotopic (exact) mass is 638 g/mol. The molecular formula is C40H79NO4. The second-order valence-corrected chi connectivity index (χ2v) is 14.0. The first-order valence-electron chi connectivity index (χ1n) is 20.2. The number of hydrogen-bond acceptors (Lipinski definition) is 3. The van der Waals surface area contributed by atoms with Crippen molar-refractivity contribution in [2.45, 2.75) is 232 Å². The molecule has 0 aliphatic rings. The Kier molecular flexibility index (Phi) is 34.9. The highest BCUT2D eigenvalue weighted by atomic mass is 16.4. The van der Waals surface area contributed by atoms with E-state index in [4.69, 9.17) is 5.11 Å². The van der Waals surface area contributed by atoms with Crippen LogP contribution in [0.1, 0.15) is 226 Å². The molecule has 0 aromatic carbocycles. The molecule has 0 saturated carbocycles. The number of unbranched alkanes of at least 4 members (excludes halogenated alkanes) is 30. The van der Waals surface area contributed by atoms with E-state index >= 15 is 0 Å². The Morgan fingerprint density at radius 2 is 0.644 bits per heavy atom. The summed E-state index contributed by atoms with van der Waals surface area (Å²) in [5.41, 5.74) is 0. The number of carbonyl (C=O) groups excluding carboxylic acids is 1. The first kappa shape index (κ1) is 43.9. The Bertz CT molecular complexity index is 589. The van der Waals surface area contributed by atoms with Gasteiger partial charge in [-0.25, -0.2) is 0 Å². The standard InChI is InChI=1S/C40H79NO4/c1-3-5-7-9-11-13-15-17-19-21-23-25-27-29-31-33-35-41(40(45)38(42)37-39(43)44)36-34-32-30-28-26-24-22-20-18-16-14-12-10-8-6-4-2/h38,42H,3-37H2,1-2H3,(H,43,44). The summed E-state index contributed by atoms with van der Waals surface area (Å²) in [6, 6.07) is 0. The zero-order valence-corrected chi connectivity index (χ0v) is 30.5. The third kappa shape index (κ3) is 32.6. The van der Waals surface area contributed by atoms with E-state index in [-0.39, 0.29) is 0 Å². The lowest BCUT2D eigenvalue weighted by Crippen LogP contribution is -2.41. The maximum Gasteiger partial charge on any atom is 0.306 e. The van der Waals surface area contributed by atoms with Crippen molar-refractivity contribution in [3.63, 3.8) is 0 Å². The van der Waals surface area contributed by atoms with Crippen molar-refractivity contribution in [2.75, 3.05) is 13.1 Å². The van der Waals surface area contributed by atoms with E-state index in [0.29, 0.717) is 13.1 Å². The second-order valence-electron chi connectivity index (χ2n) is 14.0. The van der Waals surface area contributed by atoms with E-state index in [1.807, 2.05) is 0 Å². The zero-order chi connectivity index (χ0) is 33.1. The fourth-order valence-corrected chi connectivity index (χ4v) is 6.50. The van der Waals surface area contributed by atoms with Crippen LogP contribution in [0.25, 0.3) is 0 Å². The highest BCUT2D eigenvalue weighted by Crippen LogP contribution is 2.16. The average molecular weight is 638 g/mol. The van der Waals surface area contributed by atoms with Crippen LogP contribution in [-0.4, -0.2) is 46.2 Å². The Balaban J connectivity index is 3.87. The van der Waals surface area contributed by atoms with Gasteiger partial charge in [-0.2, -0.15) is 0 Å². The van der Waals surface area contributed by atoms with E-state index in [2.05, 4.69) is 13.8 Å². The predicted molar refractivity (Wildman–Crippen MR) is 194 cm³/mol. The number of hydrogen-bond donors (Lipinski definition) is 2. The number of aliphatic carboxylic acids is 1. The zero-order valence-electron chi connectivity index (χ0n) is 30.5. The minimum Gasteiger partial charge on any atom is -0.481 e. The van der Waals surface area contributed by atoms with Crippen molar-refractivity contribution >= 4 is 11.9 Å². The Hall–Kier alpha value is -1.10. The first-order valence-corrected chi connectivity index (χ1v) is 20.2. The largest absolute Gasteiger partial charge is 0.481 e. The van der Waals surface area contributed by atoms with Gasteiger partial charge < -0.3 is 15.1 Å². The molecule has 0 aliphatic heterocycles. The molecule has 0 aliphatic carbocycles. The van der Waals surface area contributed by atoms with Crippen LogP contribution in [0.2, 0.25) is 0 Å². The van der Waals surface area contributed by atoms with Crippen LogP contribution in [0, 0.1) is 0 Å². The van der Waals surface area contributed by atoms with Crippen LogP contribution in [0.5, 0.6) is 0 Å². The molecule has 0 heterocycles. The number of carboxylic acids is 1. The maximum atomic E-state index is 12.8. The van der Waals surface area contributed by atoms with Crippen molar-refractivity contribution in [1.29, 1.82) is 0 Å². The molecule has 1 unspecified atom stereocenters. The van der Waals surface area contributed by atoms with Crippen LogP contribution < -0.4 is 0 Å². The van der Waals surface area contributed by atoms with Gasteiger partial charge in [0.15, 0.2) is 0 Å². The normalized spacial score (nSPS) is 12.1. The second kappa shape index (κ2) is 35.7. The van der Waals surface area contributed by atoms with Crippen LogP contribution in [0.4, 0.5) is 0 Å². The average Bonchev–Trinajstić information content (AvgIpc) is 3.02. The quantitative estimate of drug-likeness (QED) is 0.0664. The lowest BCUT2D eigenvalue weighted by Gasteiger charge is -2.25. The number of amides is 1. The number of carboxylic acid groups (broad SMARTS) is 1. The third-order valence-electron chi connectivity index (χ3n) is 9.53. The van der Waals surface area contributed by atoms with Crippen LogP contribution in [0.15, 0.2) is 0 Å². The summed E-state index contributed by atoms with van der Waals surface area (Å²) in [6.07, 6.45) is 40.1. The van der Waals surface area contributed by atoms with Crippen molar-refractivity contribution in [1.82, 2.24) is 4.90 Å². The third-order valence-corrected chi connectivity index (χ3v) is 9.53. The number of rotatable bonds is 37. The van der Waals surface area contributed by atoms with Crippen molar-refractivity contribution in [3.05, 3.63) is 0 Å². The number of nitrogens with zero attached hydrogens (tertiary/aromatic N) is 1. The Morgan fingerprint density at radius 1 is 0.422 bits per heavy atom. The Labute approximate surface area is 281 Å². The maximum absolute atomic E-state index is 12.8. The van der Waals surface area contributed by atoms with Gasteiger partial charge in [0.25, 0.3) is 5.91 Å². The van der Waals surface area contributed by atoms with Crippen LogP contribution in [-0.2, 0) is 9.59 Å². The van der Waals surface area contributed by atoms with E-state index in [9.17, 15) is 14.7 Å². The summed E-state index contributed by atoms with van der Waals surface area (Å²) in [6.45, 7) is 5.82. The summed E-state index contributed by atoms with van der Waals surface area (Å²) in [7, 11) is 0. The molecule has 0 spiro atoms. The van der Waals surface area contributed by atoms with Crippen molar-refractivity contribution in [3.8, 4) is 0 Å². The van der Waals surface area contributed by atoms with Crippen molar-refractivity contribution < 1.29 is 19.8 Å². The lowest BCUT2D eigenvalue weighted by molar-refractivity contribution is -0.148. The molecule has 2 N–H and O–H groups in total. The highest BCUT2D eigenvalue weighted by molar-refractivity contribution is 5.85. The molecule has 268 valence electrons. The SMILES string of the molecule is CCCCCCCCCCCCCCCCCCN(CCCCCCCCCCCCCCCCCC)C(=O)C(O)CC(=O)O. The van der Waals surface area contributed by atoms with Gasteiger partial charge in [0, 0.05) is 13.1 Å². The summed E-state index contributed by atoms with van der Waals surface area (Å²) >= 11 is 0. The van der Waals surface area contributed by atoms with Gasteiger partial charge in [0.05, 0.1) is 6.42 Å². The molecular weight excluding hydrogens is 558 g/mol. The van der Waals surface area contributed by atoms with Gasteiger partial charge in [-0.15, -0.1) is 0 Å². The first-order chi connectivity index (χ1) is 22.0. The minimum atomic E-state index is -1.43. The highest BCUT2D eigenvalue weighted by Gasteiger charge is 2.24. The van der Waals surface area contributed by atoms with E-state index in [1.165, 1.54) is 180 Å². The van der Waals surface area contributed by atoms with Gasteiger partial charge in [0.1, 0.15) is 6.10 Å². The topological polar surface area (TPSA) is 77.8 Å². The molecule has 5 nitrogen and oxygen atoms in total. The molecule has 1 atom stereocenters. The van der Waals surface area contributed by atoms with E-state index < -0.39 is 24.4 Å². The molecule has 5 heteroatoms. The molecule has 0 radical (unpaired) electrons. The predicted octanol–water partition coefficient (Wildman–Crippen LogP) is 12.2. The molecule has 0 saturated heterocycles. The molecule has 0 rings (SSSR count). The fourth-order valence-electron chi connectivity index (χ4n) is 6.50. The van der Waals surface area contributed by atoms with Crippen LogP contribution >= 0.6 is 0 Å². The molecule has 0 fully saturated rings. The molecule has 1 amide bonds. The van der Waals surface area contributed by atoms with Gasteiger partial charge in [-0.1, -0.05) is 206 Å². The number of carbonyl (C=O) groups is 2. The number of aliphatic hydroxyl groups is 1. The summed E-state index contributed by atoms with van der Waals surface area (Å²) < 4.78 is 0. The van der Waals surface area contributed by atoms with Crippen LogP contribution in [0.3, 0.4) is 0 Å². The fraction of sp³-hybridized carbons (Fsp3) is 0.950.